The molecule has 0 radical (unpaired) electrons. The summed E-state index contributed by atoms with van der Waals surface area (Å²) in [6.07, 6.45) is 3.43. The van der Waals surface area contributed by atoms with Crippen LogP contribution in [0.2, 0.25) is 0 Å². The lowest BCUT2D eigenvalue weighted by Gasteiger charge is -2.31. The van der Waals surface area contributed by atoms with Gasteiger partial charge < -0.3 is 15.5 Å². The Morgan fingerprint density at radius 1 is 1.22 bits per heavy atom. The van der Waals surface area contributed by atoms with Crippen LogP contribution in [0.1, 0.15) is 0 Å². The summed E-state index contributed by atoms with van der Waals surface area (Å²) in [6, 6.07) is 8.20. The highest BCUT2D eigenvalue weighted by molar-refractivity contribution is 5.87. The zero-order valence-electron chi connectivity index (χ0n) is 10.2. The van der Waals surface area contributed by atoms with Crippen LogP contribution in [-0.2, 0) is 0 Å². The fourth-order valence-corrected chi connectivity index (χ4v) is 2.12. The van der Waals surface area contributed by atoms with Crippen molar-refractivity contribution in [1.82, 2.24) is 15.3 Å². The van der Waals surface area contributed by atoms with Gasteiger partial charge in [-0.05, 0) is 19.2 Å². The topological polar surface area (TPSA) is 53.1 Å². The molecule has 1 aromatic carbocycles. The third-order valence-electron chi connectivity index (χ3n) is 2.97. The van der Waals surface area contributed by atoms with Gasteiger partial charge in [0.15, 0.2) is 11.6 Å². The molecule has 1 aliphatic rings. The molecule has 92 valence electrons. The standard InChI is InChI=1S/C13H15N5/c1-14-8-9-18-11-5-3-2-4-10(11)17-12-13(18)16-7-6-15-12/h2-7,14H,8-9H2,1H3,(H,15,17). The quantitative estimate of drug-likeness (QED) is 0.859. The molecule has 0 spiro atoms. The van der Waals surface area contributed by atoms with Crippen LogP contribution < -0.4 is 15.5 Å². The Morgan fingerprint density at radius 2 is 2.06 bits per heavy atom. The van der Waals surface area contributed by atoms with E-state index in [1.807, 2.05) is 19.2 Å². The molecule has 18 heavy (non-hydrogen) atoms. The Hall–Kier alpha value is -2.14. The summed E-state index contributed by atoms with van der Waals surface area (Å²) < 4.78 is 0. The van der Waals surface area contributed by atoms with Crippen molar-refractivity contribution >= 4 is 23.0 Å². The van der Waals surface area contributed by atoms with E-state index < -0.39 is 0 Å². The maximum Gasteiger partial charge on any atom is 0.176 e. The third-order valence-corrected chi connectivity index (χ3v) is 2.97. The number of benzene rings is 1. The predicted octanol–water partition coefficient (Wildman–Crippen LogP) is 1.89. The number of rotatable bonds is 3. The van der Waals surface area contributed by atoms with Crippen LogP contribution in [0.5, 0.6) is 0 Å². The molecule has 1 aromatic heterocycles. The second-order valence-electron chi connectivity index (χ2n) is 4.13. The van der Waals surface area contributed by atoms with Crippen LogP contribution in [0, 0.1) is 0 Å². The molecule has 3 rings (SSSR count). The Bertz CT molecular complexity index is 509. The molecule has 2 N–H and O–H groups in total. The molecule has 5 nitrogen and oxygen atoms in total. The van der Waals surface area contributed by atoms with Crippen LogP contribution in [0.15, 0.2) is 36.7 Å². The van der Waals surface area contributed by atoms with Crippen LogP contribution in [0.4, 0.5) is 23.0 Å². The summed E-state index contributed by atoms with van der Waals surface area (Å²) in [5.74, 6) is 1.69. The van der Waals surface area contributed by atoms with Gasteiger partial charge in [-0.25, -0.2) is 9.97 Å². The highest BCUT2D eigenvalue weighted by atomic mass is 15.3. The molecule has 1 aliphatic heterocycles. The van der Waals surface area contributed by atoms with Gasteiger partial charge in [0.2, 0.25) is 0 Å². The SMILES string of the molecule is CNCCN1c2ccccc2Nc2nccnc21. The fourth-order valence-electron chi connectivity index (χ4n) is 2.12. The molecule has 0 fully saturated rings. The number of anilines is 4. The van der Waals surface area contributed by atoms with Gasteiger partial charge in [0, 0.05) is 25.5 Å². The largest absolute Gasteiger partial charge is 0.335 e. The van der Waals surface area contributed by atoms with E-state index in [1.54, 1.807) is 12.4 Å². The molecular weight excluding hydrogens is 226 g/mol. The Kier molecular flexibility index (Phi) is 2.82. The summed E-state index contributed by atoms with van der Waals surface area (Å²) in [5, 5.41) is 6.48. The smallest absolute Gasteiger partial charge is 0.176 e. The summed E-state index contributed by atoms with van der Waals surface area (Å²) in [7, 11) is 1.95. The molecule has 0 amide bonds. The van der Waals surface area contributed by atoms with Crippen molar-refractivity contribution in [2.45, 2.75) is 0 Å². The number of aromatic nitrogens is 2. The van der Waals surface area contributed by atoms with E-state index in [2.05, 4.69) is 37.6 Å². The minimum absolute atomic E-state index is 0.812. The Labute approximate surface area is 106 Å². The van der Waals surface area contributed by atoms with Crippen molar-refractivity contribution in [3.8, 4) is 0 Å². The van der Waals surface area contributed by atoms with Gasteiger partial charge in [-0.1, -0.05) is 12.1 Å². The van der Waals surface area contributed by atoms with Gasteiger partial charge in [0.25, 0.3) is 0 Å². The molecule has 0 unspecified atom stereocenters. The van der Waals surface area contributed by atoms with E-state index in [-0.39, 0.29) is 0 Å². The fraction of sp³-hybridized carbons (Fsp3) is 0.231. The van der Waals surface area contributed by atoms with E-state index in [1.165, 1.54) is 0 Å². The van der Waals surface area contributed by atoms with E-state index in [9.17, 15) is 0 Å². The molecule has 5 heteroatoms. The lowest BCUT2D eigenvalue weighted by atomic mass is 10.2. The molecule has 0 saturated heterocycles. The molecule has 0 bridgehead atoms. The van der Waals surface area contributed by atoms with Crippen molar-refractivity contribution in [2.24, 2.45) is 0 Å². The molecule has 2 aromatic rings. The zero-order valence-corrected chi connectivity index (χ0v) is 10.2. The lowest BCUT2D eigenvalue weighted by Crippen LogP contribution is -2.30. The highest BCUT2D eigenvalue weighted by Gasteiger charge is 2.23. The van der Waals surface area contributed by atoms with Crippen LogP contribution in [0.3, 0.4) is 0 Å². The molecule has 0 atom stereocenters. The van der Waals surface area contributed by atoms with E-state index in [4.69, 9.17) is 0 Å². The first-order valence-corrected chi connectivity index (χ1v) is 5.99. The van der Waals surface area contributed by atoms with Crippen molar-refractivity contribution in [1.29, 1.82) is 0 Å². The van der Waals surface area contributed by atoms with Crippen LogP contribution >= 0.6 is 0 Å². The molecular formula is C13H15N5. The second-order valence-corrected chi connectivity index (χ2v) is 4.13. The van der Waals surface area contributed by atoms with Gasteiger partial charge in [-0.15, -0.1) is 0 Å². The maximum atomic E-state index is 4.43. The maximum absolute atomic E-state index is 4.43. The Morgan fingerprint density at radius 3 is 2.94 bits per heavy atom. The number of para-hydroxylation sites is 2. The van der Waals surface area contributed by atoms with Gasteiger partial charge in [0.1, 0.15) is 0 Å². The third kappa shape index (κ3) is 1.78. The summed E-state index contributed by atoms with van der Waals surface area (Å²) in [4.78, 5) is 11.0. The molecule has 0 saturated carbocycles. The first kappa shape index (κ1) is 11.0. The average Bonchev–Trinajstić information content (AvgIpc) is 2.43. The molecule has 2 heterocycles. The van der Waals surface area contributed by atoms with E-state index in [0.29, 0.717) is 0 Å². The van der Waals surface area contributed by atoms with Crippen LogP contribution in [0.25, 0.3) is 0 Å². The van der Waals surface area contributed by atoms with Gasteiger partial charge in [-0.2, -0.15) is 0 Å². The number of hydrogen-bond acceptors (Lipinski definition) is 5. The lowest BCUT2D eigenvalue weighted by molar-refractivity contribution is 0.776. The number of fused-ring (bicyclic) bond motifs is 2. The van der Waals surface area contributed by atoms with E-state index in [0.717, 1.165) is 36.1 Å². The number of nitrogens with one attached hydrogen (secondary N) is 2. The van der Waals surface area contributed by atoms with Crippen molar-refractivity contribution in [2.75, 3.05) is 30.4 Å². The first-order chi connectivity index (χ1) is 8.90. The zero-order chi connectivity index (χ0) is 12.4. The number of nitrogens with zero attached hydrogens (tertiary/aromatic N) is 3. The van der Waals surface area contributed by atoms with Gasteiger partial charge in [0.05, 0.1) is 11.4 Å². The summed E-state index contributed by atoms with van der Waals surface area (Å²) in [5.41, 5.74) is 2.21. The first-order valence-electron chi connectivity index (χ1n) is 5.99. The second kappa shape index (κ2) is 4.62. The number of likely N-dealkylation sites (N-methyl/N-ethyl adjacent to an activating group) is 1. The van der Waals surface area contributed by atoms with Crippen LogP contribution in [-0.4, -0.2) is 30.1 Å². The van der Waals surface area contributed by atoms with Crippen molar-refractivity contribution < 1.29 is 0 Å². The monoisotopic (exact) mass is 241 g/mol. The summed E-state index contributed by atoms with van der Waals surface area (Å²) in [6.45, 7) is 1.76. The Balaban J connectivity index is 2.05. The minimum atomic E-state index is 0.812. The predicted molar refractivity (Wildman–Crippen MR) is 72.7 cm³/mol. The van der Waals surface area contributed by atoms with E-state index >= 15 is 0 Å². The van der Waals surface area contributed by atoms with Gasteiger partial charge >= 0.3 is 0 Å². The summed E-state index contributed by atoms with van der Waals surface area (Å²) >= 11 is 0. The van der Waals surface area contributed by atoms with Gasteiger partial charge in [-0.3, -0.25) is 0 Å². The van der Waals surface area contributed by atoms with Crippen molar-refractivity contribution in [3.63, 3.8) is 0 Å². The highest BCUT2D eigenvalue weighted by Crippen LogP contribution is 2.40. The molecule has 0 aliphatic carbocycles. The van der Waals surface area contributed by atoms with Crippen molar-refractivity contribution in [3.05, 3.63) is 36.7 Å². The average molecular weight is 241 g/mol. The number of hydrogen-bond donors (Lipinski definition) is 2. The normalized spacial score (nSPS) is 12.6. The minimum Gasteiger partial charge on any atom is -0.335 e.